The minimum atomic E-state index is -0.458. The zero-order chi connectivity index (χ0) is 12.1. The number of ether oxygens (including phenoxy) is 1. The molecule has 0 spiro atoms. The Morgan fingerprint density at radius 3 is 2.94 bits per heavy atom. The van der Waals surface area contributed by atoms with Crippen LogP contribution in [-0.2, 0) is 9.53 Å². The lowest BCUT2D eigenvalue weighted by molar-refractivity contribution is -0.143. The lowest BCUT2D eigenvalue weighted by atomic mass is 10.2. The average molecular weight is 243 g/mol. The number of rotatable bonds is 4. The predicted molar refractivity (Wildman–Crippen MR) is 65.6 cm³/mol. The van der Waals surface area contributed by atoms with E-state index in [1.165, 1.54) is 0 Å². The maximum absolute atomic E-state index is 11.4. The van der Waals surface area contributed by atoms with Crippen molar-refractivity contribution >= 4 is 28.9 Å². The summed E-state index contributed by atoms with van der Waals surface area (Å²) in [6.07, 6.45) is 0. The third kappa shape index (κ3) is 3.31. The molecule has 0 bridgehead atoms. The first-order chi connectivity index (χ1) is 7.54. The first-order valence-corrected chi connectivity index (χ1v) is 5.40. The van der Waals surface area contributed by atoms with Gasteiger partial charge in [0.15, 0.2) is 0 Å². The number of nitrogens with one attached hydrogen (secondary N) is 1. The summed E-state index contributed by atoms with van der Waals surface area (Å²) in [5, 5.41) is 3.51. The topological polar surface area (TPSA) is 64.3 Å². The molecule has 1 rings (SSSR count). The first kappa shape index (κ1) is 12.6. The Morgan fingerprint density at radius 1 is 1.62 bits per heavy atom. The largest absolute Gasteiger partial charge is 0.464 e. The molecule has 0 heterocycles. The van der Waals surface area contributed by atoms with Crippen molar-refractivity contribution in [3.63, 3.8) is 0 Å². The summed E-state index contributed by atoms with van der Waals surface area (Å²) in [6.45, 7) is 3.83. The number of esters is 1. The van der Waals surface area contributed by atoms with E-state index in [0.29, 0.717) is 23.0 Å². The fraction of sp³-hybridized carbons (Fsp3) is 0.364. The number of nitrogens with two attached hydrogens (primary N) is 1. The van der Waals surface area contributed by atoms with Crippen molar-refractivity contribution < 1.29 is 9.53 Å². The fourth-order valence-electron chi connectivity index (χ4n) is 1.21. The maximum atomic E-state index is 11.4. The Hall–Kier alpha value is -1.42. The fourth-order valence-corrected chi connectivity index (χ4v) is 1.39. The van der Waals surface area contributed by atoms with Gasteiger partial charge in [-0.15, -0.1) is 0 Å². The molecule has 0 saturated carbocycles. The van der Waals surface area contributed by atoms with E-state index in [0.717, 1.165) is 0 Å². The number of carbonyl (C=O) groups is 1. The highest BCUT2D eigenvalue weighted by Crippen LogP contribution is 2.23. The van der Waals surface area contributed by atoms with Gasteiger partial charge in [0.1, 0.15) is 6.04 Å². The van der Waals surface area contributed by atoms with E-state index in [1.54, 1.807) is 32.0 Å². The highest BCUT2D eigenvalue weighted by Gasteiger charge is 2.14. The number of carbonyl (C=O) groups excluding carboxylic acids is 1. The third-order valence-corrected chi connectivity index (χ3v) is 2.26. The molecule has 5 heteroatoms. The van der Waals surface area contributed by atoms with E-state index < -0.39 is 6.04 Å². The molecule has 16 heavy (non-hydrogen) atoms. The Bertz CT molecular complexity index is 382. The van der Waals surface area contributed by atoms with E-state index in [-0.39, 0.29) is 5.97 Å². The van der Waals surface area contributed by atoms with Crippen LogP contribution in [0.15, 0.2) is 18.2 Å². The summed E-state index contributed by atoms with van der Waals surface area (Å²) in [4.78, 5) is 11.4. The molecular weight excluding hydrogens is 228 g/mol. The molecule has 4 nitrogen and oxygen atoms in total. The molecule has 1 aromatic rings. The van der Waals surface area contributed by atoms with Gasteiger partial charge in [-0.25, -0.2) is 4.79 Å². The number of nitrogen functional groups attached to an aromatic ring is 1. The molecule has 1 unspecified atom stereocenters. The molecule has 3 N–H and O–H groups in total. The quantitative estimate of drug-likeness (QED) is 0.628. The van der Waals surface area contributed by atoms with Crippen LogP contribution in [-0.4, -0.2) is 18.6 Å². The SMILES string of the molecule is CCOC(=O)C(C)Nc1cc(Cl)ccc1N. The summed E-state index contributed by atoms with van der Waals surface area (Å²) in [5.41, 5.74) is 6.91. The Kier molecular flexibility index (Phi) is 4.43. The van der Waals surface area contributed by atoms with Gasteiger partial charge in [0.2, 0.25) is 0 Å². The van der Waals surface area contributed by atoms with Crippen molar-refractivity contribution in [3.05, 3.63) is 23.2 Å². The molecular formula is C11H15ClN2O2. The molecule has 0 aliphatic rings. The second kappa shape index (κ2) is 5.61. The van der Waals surface area contributed by atoms with Crippen LogP contribution >= 0.6 is 11.6 Å². The number of halogens is 1. The van der Waals surface area contributed by atoms with Gasteiger partial charge >= 0.3 is 5.97 Å². The molecule has 1 aromatic carbocycles. The summed E-state index contributed by atoms with van der Waals surface area (Å²) in [6, 6.07) is 4.59. The molecule has 0 aliphatic heterocycles. The standard InChI is InChI=1S/C11H15ClN2O2/c1-3-16-11(15)7(2)14-10-6-8(12)4-5-9(10)13/h4-7,14H,3,13H2,1-2H3. The smallest absolute Gasteiger partial charge is 0.328 e. The number of anilines is 2. The highest BCUT2D eigenvalue weighted by molar-refractivity contribution is 6.31. The van der Waals surface area contributed by atoms with Crippen molar-refractivity contribution in [1.29, 1.82) is 0 Å². The van der Waals surface area contributed by atoms with Crippen molar-refractivity contribution in [1.82, 2.24) is 0 Å². The number of hydrogen-bond acceptors (Lipinski definition) is 4. The zero-order valence-corrected chi connectivity index (χ0v) is 10.0. The molecule has 0 aliphatic carbocycles. The second-order valence-electron chi connectivity index (χ2n) is 3.35. The van der Waals surface area contributed by atoms with Gasteiger partial charge in [0, 0.05) is 5.02 Å². The van der Waals surface area contributed by atoms with E-state index in [1.807, 2.05) is 0 Å². The van der Waals surface area contributed by atoms with Crippen LogP contribution in [0.5, 0.6) is 0 Å². The van der Waals surface area contributed by atoms with Crippen LogP contribution in [0.3, 0.4) is 0 Å². The normalized spacial score (nSPS) is 11.9. The van der Waals surface area contributed by atoms with Crippen LogP contribution in [0.1, 0.15) is 13.8 Å². The highest BCUT2D eigenvalue weighted by atomic mass is 35.5. The van der Waals surface area contributed by atoms with Crippen molar-refractivity contribution in [3.8, 4) is 0 Å². The Morgan fingerprint density at radius 2 is 2.31 bits per heavy atom. The van der Waals surface area contributed by atoms with Crippen LogP contribution in [0.4, 0.5) is 11.4 Å². The average Bonchev–Trinajstić information content (AvgIpc) is 2.23. The Balaban J connectivity index is 2.72. The lowest BCUT2D eigenvalue weighted by Gasteiger charge is -2.15. The summed E-state index contributed by atoms with van der Waals surface area (Å²) in [5.74, 6) is -0.318. The molecule has 0 radical (unpaired) electrons. The van der Waals surface area contributed by atoms with E-state index >= 15 is 0 Å². The monoisotopic (exact) mass is 242 g/mol. The zero-order valence-electron chi connectivity index (χ0n) is 9.29. The number of hydrogen-bond donors (Lipinski definition) is 2. The first-order valence-electron chi connectivity index (χ1n) is 5.02. The van der Waals surface area contributed by atoms with Crippen molar-refractivity contribution in [2.45, 2.75) is 19.9 Å². The molecule has 0 saturated heterocycles. The second-order valence-corrected chi connectivity index (χ2v) is 3.79. The van der Waals surface area contributed by atoms with Crippen molar-refractivity contribution in [2.75, 3.05) is 17.7 Å². The molecule has 0 fully saturated rings. The van der Waals surface area contributed by atoms with Crippen LogP contribution in [0, 0.1) is 0 Å². The summed E-state index contributed by atoms with van der Waals surface area (Å²) in [7, 11) is 0. The molecule has 1 atom stereocenters. The van der Waals surface area contributed by atoms with Gasteiger partial charge in [0.25, 0.3) is 0 Å². The minimum absolute atomic E-state index is 0.318. The van der Waals surface area contributed by atoms with Gasteiger partial charge in [-0.1, -0.05) is 11.6 Å². The van der Waals surface area contributed by atoms with Gasteiger partial charge in [-0.05, 0) is 32.0 Å². The van der Waals surface area contributed by atoms with Crippen LogP contribution in [0.2, 0.25) is 5.02 Å². The van der Waals surface area contributed by atoms with E-state index in [4.69, 9.17) is 22.1 Å². The van der Waals surface area contributed by atoms with Gasteiger partial charge in [-0.3, -0.25) is 0 Å². The Labute approximate surface area is 99.7 Å². The van der Waals surface area contributed by atoms with Gasteiger partial charge in [0.05, 0.1) is 18.0 Å². The molecule has 0 amide bonds. The lowest BCUT2D eigenvalue weighted by Crippen LogP contribution is -2.28. The van der Waals surface area contributed by atoms with Gasteiger partial charge in [-0.2, -0.15) is 0 Å². The summed E-state index contributed by atoms with van der Waals surface area (Å²) < 4.78 is 4.87. The van der Waals surface area contributed by atoms with Crippen LogP contribution < -0.4 is 11.1 Å². The summed E-state index contributed by atoms with van der Waals surface area (Å²) >= 11 is 5.83. The maximum Gasteiger partial charge on any atom is 0.328 e. The van der Waals surface area contributed by atoms with E-state index in [9.17, 15) is 4.79 Å². The predicted octanol–water partition coefficient (Wildman–Crippen LogP) is 2.29. The van der Waals surface area contributed by atoms with Gasteiger partial charge < -0.3 is 15.8 Å². The molecule has 0 aromatic heterocycles. The third-order valence-electron chi connectivity index (χ3n) is 2.03. The van der Waals surface area contributed by atoms with Crippen LogP contribution in [0.25, 0.3) is 0 Å². The van der Waals surface area contributed by atoms with Crippen molar-refractivity contribution in [2.24, 2.45) is 0 Å². The molecule has 88 valence electrons. The van der Waals surface area contributed by atoms with E-state index in [2.05, 4.69) is 5.32 Å². The minimum Gasteiger partial charge on any atom is -0.464 e. The number of benzene rings is 1.